The molecule has 2 rings (SSSR count). The summed E-state index contributed by atoms with van der Waals surface area (Å²) in [5.74, 6) is -2.27. The molecule has 0 saturated carbocycles. The van der Waals surface area contributed by atoms with Crippen LogP contribution in [0.5, 0.6) is 11.5 Å². The fourth-order valence-corrected chi connectivity index (χ4v) is 2.22. The quantitative estimate of drug-likeness (QED) is 0.283. The number of carbonyl (C=O) groups excluding carboxylic acids is 3. The van der Waals surface area contributed by atoms with E-state index in [4.69, 9.17) is 9.47 Å². The number of rotatable bonds is 7. The predicted octanol–water partition coefficient (Wildman–Crippen LogP) is 2.06. The van der Waals surface area contributed by atoms with Gasteiger partial charge < -0.3 is 19.9 Å². The van der Waals surface area contributed by atoms with Gasteiger partial charge in [0.05, 0.1) is 25.0 Å². The minimum absolute atomic E-state index is 0.126. The van der Waals surface area contributed by atoms with E-state index in [1.807, 2.05) is 0 Å². The smallest absolute Gasteiger partial charge is 0.338 e. The highest BCUT2D eigenvalue weighted by atomic mass is 16.5. The number of aromatic hydroxyl groups is 1. The predicted molar refractivity (Wildman–Crippen MR) is 106 cm³/mol. The highest BCUT2D eigenvalue weighted by Crippen LogP contribution is 2.28. The van der Waals surface area contributed by atoms with Crippen molar-refractivity contribution in [2.45, 2.75) is 13.8 Å². The number of nitrogens with one attached hydrogen (secondary N) is 2. The molecule has 0 heterocycles. The van der Waals surface area contributed by atoms with Crippen LogP contribution in [0.4, 0.5) is 5.69 Å². The van der Waals surface area contributed by atoms with E-state index in [1.165, 1.54) is 30.5 Å². The third-order valence-electron chi connectivity index (χ3n) is 3.56. The van der Waals surface area contributed by atoms with Crippen LogP contribution in [-0.2, 0) is 14.3 Å². The third-order valence-corrected chi connectivity index (χ3v) is 3.56. The van der Waals surface area contributed by atoms with Gasteiger partial charge in [0.1, 0.15) is 0 Å². The van der Waals surface area contributed by atoms with Crippen LogP contribution >= 0.6 is 0 Å². The van der Waals surface area contributed by atoms with E-state index < -0.39 is 17.8 Å². The number of para-hydroxylation sites is 1. The van der Waals surface area contributed by atoms with Gasteiger partial charge >= 0.3 is 17.8 Å². The van der Waals surface area contributed by atoms with Crippen LogP contribution in [0.25, 0.3) is 0 Å². The topological polar surface area (TPSA) is 126 Å². The van der Waals surface area contributed by atoms with E-state index in [1.54, 1.807) is 32.0 Å². The average Bonchev–Trinajstić information content (AvgIpc) is 2.71. The monoisotopic (exact) mass is 399 g/mol. The number of hydrogen-bond acceptors (Lipinski definition) is 7. The summed E-state index contributed by atoms with van der Waals surface area (Å²) in [5.41, 5.74) is 3.03. The largest absolute Gasteiger partial charge is 0.504 e. The van der Waals surface area contributed by atoms with Gasteiger partial charge in [0.2, 0.25) is 0 Å². The Balaban J connectivity index is 1.92. The molecule has 9 nitrogen and oxygen atoms in total. The number of amides is 2. The molecule has 0 fully saturated rings. The molecule has 0 radical (unpaired) electrons. The van der Waals surface area contributed by atoms with E-state index in [0.717, 1.165) is 0 Å². The lowest BCUT2D eigenvalue weighted by Gasteiger charge is -2.07. The van der Waals surface area contributed by atoms with E-state index >= 15 is 0 Å². The first-order valence-corrected chi connectivity index (χ1v) is 8.82. The molecule has 29 heavy (non-hydrogen) atoms. The van der Waals surface area contributed by atoms with Gasteiger partial charge in [-0.1, -0.05) is 6.07 Å². The number of carbonyl (C=O) groups is 3. The number of phenolic OH excluding ortho intramolecular Hbond substituents is 1. The Bertz CT molecular complexity index is 909. The summed E-state index contributed by atoms with van der Waals surface area (Å²) >= 11 is 0. The number of phenols is 1. The Hall–Kier alpha value is -3.88. The number of anilines is 1. The van der Waals surface area contributed by atoms with Gasteiger partial charge in [-0.25, -0.2) is 10.2 Å². The number of hydrogen-bond donors (Lipinski definition) is 3. The Labute approximate surface area is 167 Å². The van der Waals surface area contributed by atoms with E-state index in [-0.39, 0.29) is 18.1 Å². The van der Waals surface area contributed by atoms with Crippen LogP contribution in [0.2, 0.25) is 0 Å². The second-order valence-corrected chi connectivity index (χ2v) is 5.58. The summed E-state index contributed by atoms with van der Waals surface area (Å²) in [6.45, 7) is 4.12. The Morgan fingerprint density at radius 1 is 1.03 bits per heavy atom. The van der Waals surface area contributed by atoms with Crippen molar-refractivity contribution in [1.29, 1.82) is 0 Å². The summed E-state index contributed by atoms with van der Waals surface area (Å²) in [7, 11) is 0. The lowest BCUT2D eigenvalue weighted by molar-refractivity contribution is -0.136. The molecule has 9 heteroatoms. The second-order valence-electron chi connectivity index (χ2n) is 5.58. The number of ether oxygens (including phenoxy) is 2. The number of esters is 1. The van der Waals surface area contributed by atoms with Gasteiger partial charge in [0.25, 0.3) is 0 Å². The molecule has 0 spiro atoms. The third kappa shape index (κ3) is 6.06. The Morgan fingerprint density at radius 3 is 2.41 bits per heavy atom. The Kier molecular flexibility index (Phi) is 7.72. The molecule has 2 aromatic rings. The van der Waals surface area contributed by atoms with Crippen molar-refractivity contribution in [2.75, 3.05) is 18.5 Å². The zero-order chi connectivity index (χ0) is 21.2. The van der Waals surface area contributed by atoms with Crippen LogP contribution in [0.1, 0.15) is 29.8 Å². The van der Waals surface area contributed by atoms with Gasteiger partial charge in [0.15, 0.2) is 11.5 Å². The summed E-state index contributed by atoms with van der Waals surface area (Å²) in [6.07, 6.45) is 1.19. The highest BCUT2D eigenvalue weighted by Gasteiger charge is 2.14. The highest BCUT2D eigenvalue weighted by molar-refractivity contribution is 6.39. The van der Waals surface area contributed by atoms with Crippen molar-refractivity contribution in [2.24, 2.45) is 5.10 Å². The van der Waals surface area contributed by atoms with Crippen LogP contribution < -0.4 is 15.5 Å². The maximum Gasteiger partial charge on any atom is 0.338 e. The van der Waals surface area contributed by atoms with Crippen LogP contribution in [-0.4, -0.2) is 42.3 Å². The van der Waals surface area contributed by atoms with Crippen LogP contribution in [0.3, 0.4) is 0 Å². The van der Waals surface area contributed by atoms with Crippen molar-refractivity contribution >= 4 is 29.7 Å². The maximum atomic E-state index is 11.9. The molecule has 152 valence electrons. The van der Waals surface area contributed by atoms with Gasteiger partial charge in [-0.05, 0) is 50.2 Å². The fourth-order valence-electron chi connectivity index (χ4n) is 2.22. The van der Waals surface area contributed by atoms with Crippen molar-refractivity contribution in [3.05, 3.63) is 53.6 Å². The first kappa shape index (κ1) is 21.4. The molecular formula is C20H21N3O6. The average molecular weight is 399 g/mol. The molecule has 0 aliphatic heterocycles. The first-order valence-electron chi connectivity index (χ1n) is 8.82. The lowest BCUT2D eigenvalue weighted by atomic mass is 10.2. The summed E-state index contributed by atoms with van der Waals surface area (Å²) in [4.78, 5) is 35.4. The molecule has 0 bridgehead atoms. The molecule has 0 aliphatic rings. The second kappa shape index (κ2) is 10.5. The zero-order valence-corrected chi connectivity index (χ0v) is 16.0. The van der Waals surface area contributed by atoms with Gasteiger partial charge in [0, 0.05) is 11.3 Å². The van der Waals surface area contributed by atoms with Crippen molar-refractivity contribution < 1.29 is 29.0 Å². The normalized spacial score (nSPS) is 10.4. The molecule has 2 aromatic carbocycles. The molecule has 2 amide bonds. The SMILES string of the molecule is CCOC(=O)c1ccc(NC(=O)C(=O)N/N=C\c2cccc(OCC)c2O)cc1. The first-order chi connectivity index (χ1) is 14.0. The number of hydrazone groups is 1. The van der Waals surface area contributed by atoms with Crippen molar-refractivity contribution in [1.82, 2.24) is 5.43 Å². The van der Waals surface area contributed by atoms with E-state index in [9.17, 15) is 19.5 Å². The van der Waals surface area contributed by atoms with Crippen molar-refractivity contribution in [3.63, 3.8) is 0 Å². The molecule has 0 saturated heterocycles. The summed E-state index contributed by atoms with van der Waals surface area (Å²) in [6, 6.07) is 10.7. The number of nitrogens with zero attached hydrogens (tertiary/aromatic N) is 1. The molecule has 0 aromatic heterocycles. The standard InChI is InChI=1S/C20H21N3O6/c1-3-28-16-7-5-6-14(17(16)24)12-21-23-19(26)18(25)22-15-10-8-13(9-11-15)20(27)29-4-2/h5-12,24H,3-4H2,1-2H3,(H,22,25)(H,23,26)/b21-12-. The van der Waals surface area contributed by atoms with Gasteiger partial charge in [-0.15, -0.1) is 0 Å². The van der Waals surface area contributed by atoms with Crippen LogP contribution in [0.15, 0.2) is 47.6 Å². The van der Waals surface area contributed by atoms with Gasteiger partial charge in [-0.2, -0.15) is 5.10 Å². The van der Waals surface area contributed by atoms with Crippen LogP contribution in [0, 0.1) is 0 Å². The molecule has 0 aliphatic carbocycles. The lowest BCUT2D eigenvalue weighted by Crippen LogP contribution is -2.32. The molecule has 0 unspecified atom stereocenters. The summed E-state index contributed by atoms with van der Waals surface area (Å²) < 4.78 is 10.1. The van der Waals surface area contributed by atoms with E-state index in [0.29, 0.717) is 23.4 Å². The molecular weight excluding hydrogens is 378 g/mol. The zero-order valence-electron chi connectivity index (χ0n) is 16.0. The minimum Gasteiger partial charge on any atom is -0.504 e. The molecule has 0 atom stereocenters. The van der Waals surface area contributed by atoms with Crippen molar-refractivity contribution in [3.8, 4) is 11.5 Å². The van der Waals surface area contributed by atoms with E-state index in [2.05, 4.69) is 15.8 Å². The van der Waals surface area contributed by atoms with Gasteiger partial charge in [-0.3, -0.25) is 9.59 Å². The Morgan fingerprint density at radius 2 is 1.76 bits per heavy atom. The summed E-state index contributed by atoms with van der Waals surface area (Å²) in [5, 5.41) is 16.1. The number of benzene rings is 2. The maximum absolute atomic E-state index is 11.9. The molecule has 3 N–H and O–H groups in total. The minimum atomic E-state index is -1.00. The fraction of sp³-hybridized carbons (Fsp3) is 0.200.